The van der Waals surface area contributed by atoms with Gasteiger partial charge in [-0.05, 0) is 23.6 Å². The summed E-state index contributed by atoms with van der Waals surface area (Å²) < 4.78 is 13.6. The van der Waals surface area contributed by atoms with E-state index in [2.05, 4.69) is 15.9 Å². The summed E-state index contributed by atoms with van der Waals surface area (Å²) in [5.74, 6) is -0.331. The molecule has 0 aliphatic heterocycles. The molecule has 0 N–H and O–H groups in total. The molecule has 2 rings (SSSR count). The largest absolute Gasteiger partial charge is 0.340 e. The fourth-order valence-electron chi connectivity index (χ4n) is 2.12. The van der Waals surface area contributed by atoms with Crippen LogP contribution in [0.2, 0.25) is 0 Å². The fraction of sp³-hybridized carbons (Fsp3) is 0.235. The molecule has 2 aromatic rings. The Kier molecular flexibility index (Phi) is 5.51. The maximum Gasteiger partial charge on any atom is 0.236 e. The van der Waals surface area contributed by atoms with Gasteiger partial charge >= 0.3 is 0 Å². The van der Waals surface area contributed by atoms with Gasteiger partial charge in [-0.3, -0.25) is 4.79 Å². The van der Waals surface area contributed by atoms with Crippen LogP contribution in [0.4, 0.5) is 4.39 Å². The Morgan fingerprint density at radius 3 is 2.43 bits per heavy atom. The van der Waals surface area contributed by atoms with Gasteiger partial charge in [0.15, 0.2) is 0 Å². The molecule has 0 fully saturated rings. The lowest BCUT2D eigenvalue weighted by Crippen LogP contribution is -2.34. The van der Waals surface area contributed by atoms with Crippen LogP contribution in [0.25, 0.3) is 0 Å². The predicted molar refractivity (Wildman–Crippen MR) is 85.7 cm³/mol. The summed E-state index contributed by atoms with van der Waals surface area (Å²) in [6, 6.07) is 16.3. The summed E-state index contributed by atoms with van der Waals surface area (Å²) in [4.78, 5) is 13.5. The highest BCUT2D eigenvalue weighted by molar-refractivity contribution is 9.10. The van der Waals surface area contributed by atoms with Crippen molar-refractivity contribution >= 4 is 21.8 Å². The first-order valence-corrected chi connectivity index (χ1v) is 7.66. The Bertz CT molecular complexity index is 603. The number of benzene rings is 2. The predicted octanol–water partition coefficient (Wildman–Crippen LogP) is 3.79. The summed E-state index contributed by atoms with van der Waals surface area (Å²) in [6.07, 6.45) is 0.338. The van der Waals surface area contributed by atoms with Crippen LogP contribution in [0.1, 0.15) is 11.1 Å². The van der Waals surface area contributed by atoms with Crippen molar-refractivity contribution in [1.29, 1.82) is 0 Å². The number of halogens is 2. The summed E-state index contributed by atoms with van der Waals surface area (Å²) in [5, 5.41) is 0. The molecule has 1 unspecified atom stereocenters. The number of alkyl halides is 1. The summed E-state index contributed by atoms with van der Waals surface area (Å²) in [6.45, 7) is 0.541. The smallest absolute Gasteiger partial charge is 0.236 e. The van der Waals surface area contributed by atoms with Crippen molar-refractivity contribution in [3.63, 3.8) is 0 Å². The number of nitrogens with zero attached hydrogens (tertiary/aromatic N) is 1. The molecule has 1 amide bonds. The minimum atomic E-state index is -0.428. The monoisotopic (exact) mass is 349 g/mol. The fourth-order valence-corrected chi connectivity index (χ4v) is 2.82. The molecule has 0 aliphatic carbocycles. The molecule has 4 heteroatoms. The van der Waals surface area contributed by atoms with Crippen molar-refractivity contribution in [2.75, 3.05) is 7.05 Å². The van der Waals surface area contributed by atoms with Crippen LogP contribution in [0.5, 0.6) is 0 Å². The number of carbonyl (C=O) groups excluding carboxylic acids is 1. The van der Waals surface area contributed by atoms with Crippen molar-refractivity contribution in [1.82, 2.24) is 4.90 Å². The molecule has 0 heterocycles. The Hall–Kier alpha value is -1.68. The van der Waals surface area contributed by atoms with Crippen LogP contribution in [0.3, 0.4) is 0 Å². The Labute approximate surface area is 132 Å². The van der Waals surface area contributed by atoms with E-state index in [-0.39, 0.29) is 11.7 Å². The molecular formula is C17H17BrFNO. The van der Waals surface area contributed by atoms with Crippen molar-refractivity contribution < 1.29 is 9.18 Å². The maximum absolute atomic E-state index is 13.6. The molecule has 2 nitrogen and oxygen atoms in total. The minimum absolute atomic E-state index is 0.0536. The van der Waals surface area contributed by atoms with E-state index in [4.69, 9.17) is 0 Å². The quantitative estimate of drug-likeness (QED) is 0.752. The lowest BCUT2D eigenvalue weighted by Gasteiger charge is -2.20. The molecule has 0 saturated carbocycles. The number of hydrogen-bond acceptors (Lipinski definition) is 1. The van der Waals surface area contributed by atoms with E-state index >= 15 is 0 Å². The zero-order chi connectivity index (χ0) is 15.2. The van der Waals surface area contributed by atoms with E-state index in [1.807, 2.05) is 30.3 Å². The van der Waals surface area contributed by atoms with E-state index in [9.17, 15) is 9.18 Å². The third-order valence-electron chi connectivity index (χ3n) is 3.26. The van der Waals surface area contributed by atoms with Gasteiger partial charge in [0, 0.05) is 13.6 Å². The van der Waals surface area contributed by atoms with Gasteiger partial charge in [0.05, 0.1) is 4.83 Å². The molecular weight excluding hydrogens is 333 g/mol. The highest BCUT2D eigenvalue weighted by atomic mass is 79.9. The third kappa shape index (κ3) is 4.39. The summed E-state index contributed by atoms with van der Waals surface area (Å²) in [7, 11) is 1.75. The second kappa shape index (κ2) is 7.36. The molecule has 2 aromatic carbocycles. The van der Waals surface area contributed by atoms with Crippen LogP contribution < -0.4 is 0 Å². The van der Waals surface area contributed by atoms with Gasteiger partial charge in [-0.25, -0.2) is 4.39 Å². The van der Waals surface area contributed by atoms with E-state index in [0.717, 1.165) is 5.56 Å². The summed E-state index contributed by atoms with van der Waals surface area (Å²) in [5.41, 5.74) is 1.61. The second-order valence-electron chi connectivity index (χ2n) is 4.94. The Morgan fingerprint density at radius 2 is 1.76 bits per heavy atom. The van der Waals surface area contributed by atoms with Crippen LogP contribution in [0.15, 0.2) is 54.6 Å². The van der Waals surface area contributed by atoms with Crippen molar-refractivity contribution in [2.45, 2.75) is 17.8 Å². The van der Waals surface area contributed by atoms with Crippen molar-refractivity contribution in [3.8, 4) is 0 Å². The molecule has 21 heavy (non-hydrogen) atoms. The first-order valence-electron chi connectivity index (χ1n) is 6.74. The molecule has 0 spiro atoms. The molecule has 0 saturated heterocycles. The van der Waals surface area contributed by atoms with Crippen LogP contribution >= 0.6 is 15.9 Å². The number of amides is 1. The first kappa shape index (κ1) is 15.7. The minimum Gasteiger partial charge on any atom is -0.340 e. The van der Waals surface area contributed by atoms with Gasteiger partial charge in [0.2, 0.25) is 5.91 Å². The van der Waals surface area contributed by atoms with Gasteiger partial charge in [0.1, 0.15) is 5.82 Å². The first-order chi connectivity index (χ1) is 10.1. The van der Waals surface area contributed by atoms with Crippen molar-refractivity contribution in [3.05, 3.63) is 71.5 Å². The number of carbonyl (C=O) groups is 1. The zero-order valence-corrected chi connectivity index (χ0v) is 13.4. The summed E-state index contributed by atoms with van der Waals surface area (Å²) >= 11 is 3.37. The second-order valence-corrected chi connectivity index (χ2v) is 6.05. The van der Waals surface area contributed by atoms with E-state index in [1.165, 1.54) is 6.07 Å². The number of hydrogen-bond donors (Lipinski definition) is 0. The molecule has 0 bridgehead atoms. The van der Waals surface area contributed by atoms with Gasteiger partial charge < -0.3 is 4.90 Å². The lowest BCUT2D eigenvalue weighted by molar-refractivity contribution is -0.129. The van der Waals surface area contributed by atoms with E-state index < -0.39 is 4.83 Å². The van der Waals surface area contributed by atoms with Crippen molar-refractivity contribution in [2.24, 2.45) is 0 Å². The molecule has 0 aromatic heterocycles. The standard InChI is InChI=1S/C17H17BrFNO/c1-20(12-13-7-3-2-4-8-13)17(21)15(18)11-14-9-5-6-10-16(14)19/h2-10,15H,11-12H2,1H3. The van der Waals surface area contributed by atoms with Crippen LogP contribution in [-0.4, -0.2) is 22.7 Å². The van der Waals surface area contributed by atoms with Crippen LogP contribution in [-0.2, 0) is 17.8 Å². The van der Waals surface area contributed by atoms with E-state index in [0.29, 0.717) is 18.5 Å². The lowest BCUT2D eigenvalue weighted by atomic mass is 10.1. The van der Waals surface area contributed by atoms with Gasteiger partial charge in [0.25, 0.3) is 0 Å². The van der Waals surface area contributed by atoms with Gasteiger partial charge in [-0.1, -0.05) is 64.5 Å². The topological polar surface area (TPSA) is 20.3 Å². The molecule has 1 atom stereocenters. The normalized spacial score (nSPS) is 12.0. The van der Waals surface area contributed by atoms with Gasteiger partial charge in [-0.15, -0.1) is 0 Å². The zero-order valence-electron chi connectivity index (χ0n) is 11.8. The molecule has 0 aliphatic rings. The maximum atomic E-state index is 13.6. The average molecular weight is 350 g/mol. The highest BCUT2D eigenvalue weighted by Gasteiger charge is 2.20. The third-order valence-corrected chi connectivity index (χ3v) is 3.98. The Balaban J connectivity index is 1.97. The average Bonchev–Trinajstić information content (AvgIpc) is 2.49. The SMILES string of the molecule is CN(Cc1ccccc1)C(=O)C(Br)Cc1ccccc1F. The molecule has 110 valence electrons. The van der Waals surface area contributed by atoms with Gasteiger partial charge in [-0.2, -0.15) is 0 Å². The highest BCUT2D eigenvalue weighted by Crippen LogP contribution is 2.16. The Morgan fingerprint density at radius 1 is 1.14 bits per heavy atom. The van der Waals surface area contributed by atoms with E-state index in [1.54, 1.807) is 30.1 Å². The number of rotatable bonds is 5. The van der Waals surface area contributed by atoms with Crippen LogP contribution in [0, 0.1) is 5.82 Å². The molecule has 0 radical (unpaired) electrons.